The van der Waals surface area contributed by atoms with Crippen LogP contribution in [0.5, 0.6) is 5.75 Å². The van der Waals surface area contributed by atoms with Gasteiger partial charge in [0.05, 0.1) is 5.60 Å². The minimum absolute atomic E-state index is 0.0594. The standard InChI is InChI=1S/C28H28F2N2O3/c29-20-6-3-15(7-21(20)30)12-31-24(34)17-10-27-19-8-18(33)5-4-16(19)9-26-22(27)23(26)32(13-14-1-2-14)25(26)28(27,35)11-17/h3-8,14,17,22-23,25,33,35H,1-2,9-13H2,(H,31,34)/t17-,22?,23?,25-,26?,27-,28-/m1/s1. The molecule has 2 spiro atoms. The summed E-state index contributed by atoms with van der Waals surface area (Å²) in [4.78, 5) is 15.9. The van der Waals surface area contributed by atoms with Crippen LogP contribution in [0, 0.1) is 34.8 Å². The fourth-order valence-electron chi connectivity index (χ4n) is 9.32. The molecule has 2 aromatic carbocycles. The molecule has 1 heterocycles. The van der Waals surface area contributed by atoms with Gasteiger partial charge in [0.2, 0.25) is 5.91 Å². The summed E-state index contributed by atoms with van der Waals surface area (Å²) in [5.74, 6) is -1.11. The quantitative estimate of drug-likeness (QED) is 0.618. The Balaban J connectivity index is 1.13. The molecule has 5 fully saturated rings. The number of aliphatic hydroxyl groups is 1. The lowest BCUT2D eigenvalue weighted by molar-refractivity contribution is -0.151. The summed E-state index contributed by atoms with van der Waals surface area (Å²) in [6.45, 7) is 1.16. The lowest BCUT2D eigenvalue weighted by atomic mass is 9.63. The molecule has 4 saturated carbocycles. The molecule has 7 heteroatoms. The number of hydrogen-bond donors (Lipinski definition) is 3. The lowest BCUT2D eigenvalue weighted by Crippen LogP contribution is -2.70. The van der Waals surface area contributed by atoms with E-state index in [9.17, 15) is 23.8 Å². The molecule has 0 radical (unpaired) electrons. The second-order valence-corrected chi connectivity index (χ2v) is 12.1. The fraction of sp³-hybridized carbons (Fsp3) is 0.536. The third-order valence-corrected chi connectivity index (χ3v) is 10.5. The number of phenolic OH excluding ortho intramolecular Hbond substituents is 1. The van der Waals surface area contributed by atoms with E-state index in [-0.39, 0.29) is 35.6 Å². The summed E-state index contributed by atoms with van der Waals surface area (Å²) in [6.07, 6.45) is 4.42. The number of piperidine rings is 1. The Kier molecular flexibility index (Phi) is 3.68. The summed E-state index contributed by atoms with van der Waals surface area (Å²) >= 11 is 0. The van der Waals surface area contributed by atoms with E-state index in [0.717, 1.165) is 36.6 Å². The Hall–Kier alpha value is -2.51. The van der Waals surface area contributed by atoms with E-state index in [1.807, 2.05) is 12.1 Å². The largest absolute Gasteiger partial charge is 0.508 e. The number of hydrogen-bond acceptors (Lipinski definition) is 4. The Morgan fingerprint density at radius 1 is 1.11 bits per heavy atom. The van der Waals surface area contributed by atoms with Crippen molar-refractivity contribution < 1.29 is 23.8 Å². The summed E-state index contributed by atoms with van der Waals surface area (Å²) in [5.41, 5.74) is 1.33. The van der Waals surface area contributed by atoms with Crippen molar-refractivity contribution in [2.75, 3.05) is 6.54 Å². The highest BCUT2D eigenvalue weighted by Gasteiger charge is 2.98. The number of halogens is 2. The minimum atomic E-state index is -1.01. The van der Waals surface area contributed by atoms with Gasteiger partial charge in [-0.25, -0.2) is 8.78 Å². The molecule has 1 aliphatic heterocycles. The number of phenols is 1. The zero-order valence-corrected chi connectivity index (χ0v) is 19.3. The van der Waals surface area contributed by atoms with Crippen LogP contribution in [0.4, 0.5) is 8.78 Å². The number of amides is 1. The Labute approximate surface area is 202 Å². The van der Waals surface area contributed by atoms with Crippen molar-refractivity contribution in [3.05, 3.63) is 64.7 Å². The van der Waals surface area contributed by atoms with Crippen molar-refractivity contribution in [2.24, 2.45) is 23.2 Å². The van der Waals surface area contributed by atoms with Gasteiger partial charge in [-0.1, -0.05) is 12.1 Å². The predicted molar refractivity (Wildman–Crippen MR) is 122 cm³/mol. The van der Waals surface area contributed by atoms with Gasteiger partial charge in [0.15, 0.2) is 11.6 Å². The van der Waals surface area contributed by atoms with Gasteiger partial charge in [0.1, 0.15) is 5.75 Å². The molecule has 8 rings (SSSR count). The Bertz CT molecular complexity index is 1310. The Morgan fingerprint density at radius 3 is 2.71 bits per heavy atom. The maximum absolute atomic E-state index is 13.6. The van der Waals surface area contributed by atoms with Crippen LogP contribution in [0.3, 0.4) is 0 Å². The molecule has 5 nitrogen and oxygen atoms in total. The summed E-state index contributed by atoms with van der Waals surface area (Å²) in [5, 5.41) is 25.8. The summed E-state index contributed by atoms with van der Waals surface area (Å²) in [6, 6.07) is 9.75. The first-order chi connectivity index (χ1) is 16.8. The summed E-state index contributed by atoms with van der Waals surface area (Å²) < 4.78 is 26.9. The highest BCUT2D eigenvalue weighted by Crippen LogP contribution is 2.89. The van der Waals surface area contributed by atoms with Crippen LogP contribution in [-0.4, -0.2) is 45.2 Å². The van der Waals surface area contributed by atoms with Gasteiger partial charge in [-0.15, -0.1) is 0 Å². The number of nitrogens with one attached hydrogen (secondary N) is 1. The average molecular weight is 479 g/mol. The second kappa shape index (κ2) is 6.24. The average Bonchev–Trinajstić information content (AvgIpc) is 3.69. The third-order valence-electron chi connectivity index (χ3n) is 10.5. The van der Waals surface area contributed by atoms with E-state index < -0.39 is 22.7 Å². The maximum Gasteiger partial charge on any atom is 0.223 e. The number of likely N-dealkylation sites (tertiary alicyclic amines) is 1. The molecule has 182 valence electrons. The van der Waals surface area contributed by atoms with Crippen LogP contribution in [0.25, 0.3) is 0 Å². The van der Waals surface area contributed by atoms with E-state index in [0.29, 0.717) is 30.4 Å². The third kappa shape index (κ3) is 2.28. The summed E-state index contributed by atoms with van der Waals surface area (Å²) in [7, 11) is 0. The molecule has 35 heavy (non-hydrogen) atoms. The number of benzene rings is 2. The smallest absolute Gasteiger partial charge is 0.223 e. The molecule has 1 amide bonds. The van der Waals surface area contributed by atoms with E-state index >= 15 is 0 Å². The number of fused-ring (bicyclic) bond motifs is 2. The van der Waals surface area contributed by atoms with Gasteiger partial charge in [0.25, 0.3) is 0 Å². The SMILES string of the molecule is O=C(NCc1ccc(F)c(F)c1)[C@H]1C[C@@]2(O)[C@@H]3N(CC4CC4)C4C5C43Cc3ccc(O)cc3[C@]52C1. The highest BCUT2D eigenvalue weighted by atomic mass is 19.2. The van der Waals surface area contributed by atoms with E-state index in [4.69, 9.17) is 0 Å². The number of carbonyl (C=O) groups is 1. The maximum atomic E-state index is 13.6. The number of rotatable bonds is 5. The predicted octanol–water partition coefficient (Wildman–Crippen LogP) is 3.01. The van der Waals surface area contributed by atoms with Gasteiger partial charge in [0, 0.05) is 41.9 Å². The van der Waals surface area contributed by atoms with Crippen LogP contribution < -0.4 is 5.32 Å². The second-order valence-electron chi connectivity index (χ2n) is 12.1. The van der Waals surface area contributed by atoms with Crippen LogP contribution in [-0.2, 0) is 23.2 Å². The molecular formula is C28H28F2N2O3. The zero-order chi connectivity index (χ0) is 23.9. The molecular weight excluding hydrogens is 450 g/mol. The van der Waals surface area contributed by atoms with Crippen molar-refractivity contribution in [1.82, 2.24) is 10.2 Å². The van der Waals surface area contributed by atoms with Gasteiger partial charge in [-0.05, 0) is 84.9 Å². The Morgan fingerprint density at radius 2 is 1.94 bits per heavy atom. The van der Waals surface area contributed by atoms with Crippen molar-refractivity contribution in [3.63, 3.8) is 0 Å². The van der Waals surface area contributed by atoms with E-state index in [1.54, 1.807) is 6.07 Å². The molecule has 1 saturated heterocycles. The molecule has 5 aliphatic carbocycles. The van der Waals surface area contributed by atoms with Crippen LogP contribution in [0.2, 0.25) is 0 Å². The van der Waals surface area contributed by atoms with Crippen molar-refractivity contribution in [1.29, 1.82) is 0 Å². The van der Waals surface area contributed by atoms with Gasteiger partial charge >= 0.3 is 0 Å². The van der Waals surface area contributed by atoms with Crippen molar-refractivity contribution >= 4 is 5.91 Å². The number of nitrogens with zero attached hydrogens (tertiary/aromatic N) is 1. The van der Waals surface area contributed by atoms with E-state index in [1.165, 1.54) is 24.5 Å². The highest BCUT2D eigenvalue weighted by molar-refractivity contribution is 5.81. The lowest BCUT2D eigenvalue weighted by Gasteiger charge is -2.56. The topological polar surface area (TPSA) is 72.8 Å². The minimum Gasteiger partial charge on any atom is -0.508 e. The molecule has 2 bridgehead atoms. The van der Waals surface area contributed by atoms with Crippen LogP contribution in [0.1, 0.15) is 42.4 Å². The van der Waals surface area contributed by atoms with Gasteiger partial charge in [-0.3, -0.25) is 9.69 Å². The number of aromatic hydroxyl groups is 1. The fourth-order valence-corrected chi connectivity index (χ4v) is 9.32. The zero-order valence-electron chi connectivity index (χ0n) is 19.3. The monoisotopic (exact) mass is 478 g/mol. The van der Waals surface area contributed by atoms with Crippen molar-refractivity contribution in [3.8, 4) is 5.75 Å². The molecule has 6 aliphatic rings. The first kappa shape index (κ1) is 20.7. The molecule has 2 aromatic rings. The first-order valence-electron chi connectivity index (χ1n) is 12.8. The van der Waals surface area contributed by atoms with Gasteiger partial charge < -0.3 is 15.5 Å². The van der Waals surface area contributed by atoms with E-state index in [2.05, 4.69) is 10.2 Å². The molecule has 0 aromatic heterocycles. The first-order valence-corrected chi connectivity index (χ1v) is 12.8. The van der Waals surface area contributed by atoms with Gasteiger partial charge in [-0.2, -0.15) is 0 Å². The van der Waals surface area contributed by atoms with Crippen LogP contribution >= 0.6 is 0 Å². The van der Waals surface area contributed by atoms with Crippen LogP contribution in [0.15, 0.2) is 36.4 Å². The molecule has 3 N–H and O–H groups in total. The number of carbonyl (C=O) groups excluding carboxylic acids is 1. The normalized spacial score (nSPS) is 41.6. The van der Waals surface area contributed by atoms with Crippen molar-refractivity contribution in [2.45, 2.75) is 61.7 Å². The molecule has 7 atom stereocenters. The molecule has 3 unspecified atom stereocenters.